The molecule has 19 heavy (non-hydrogen) atoms. The van der Waals surface area contributed by atoms with Crippen molar-refractivity contribution < 1.29 is 4.79 Å². The average Bonchev–Trinajstić information content (AvgIpc) is 2.83. The number of fused-ring (bicyclic) bond motifs is 1. The van der Waals surface area contributed by atoms with Crippen LogP contribution in [0.2, 0.25) is 0 Å². The SMILES string of the molecule is CC1(NC(=O)c2csc3ccccc23)CCNCC1. The molecule has 1 saturated heterocycles. The van der Waals surface area contributed by atoms with E-state index in [1.807, 2.05) is 23.6 Å². The third-order valence-corrected chi connectivity index (χ3v) is 4.81. The van der Waals surface area contributed by atoms with E-state index >= 15 is 0 Å². The topological polar surface area (TPSA) is 41.1 Å². The fourth-order valence-corrected chi connectivity index (χ4v) is 3.54. The molecule has 0 saturated carbocycles. The van der Waals surface area contributed by atoms with Crippen LogP contribution in [-0.2, 0) is 0 Å². The van der Waals surface area contributed by atoms with Crippen molar-refractivity contribution in [2.75, 3.05) is 13.1 Å². The Kier molecular flexibility index (Phi) is 3.29. The molecule has 1 aliphatic heterocycles. The van der Waals surface area contributed by atoms with Crippen LogP contribution in [0.25, 0.3) is 10.1 Å². The minimum absolute atomic E-state index is 0.0573. The number of benzene rings is 1. The highest BCUT2D eigenvalue weighted by molar-refractivity contribution is 7.17. The summed E-state index contributed by atoms with van der Waals surface area (Å²) in [7, 11) is 0. The Morgan fingerprint density at radius 3 is 2.84 bits per heavy atom. The lowest BCUT2D eigenvalue weighted by Crippen LogP contribution is -2.52. The number of piperidine rings is 1. The van der Waals surface area contributed by atoms with Crippen LogP contribution in [0.4, 0.5) is 0 Å². The monoisotopic (exact) mass is 274 g/mol. The molecule has 0 bridgehead atoms. The van der Waals surface area contributed by atoms with Crippen molar-refractivity contribution >= 4 is 27.3 Å². The lowest BCUT2D eigenvalue weighted by molar-refractivity contribution is 0.0889. The molecule has 0 unspecified atom stereocenters. The molecule has 2 heterocycles. The minimum Gasteiger partial charge on any atom is -0.347 e. The second-order valence-electron chi connectivity index (χ2n) is 5.41. The summed E-state index contributed by atoms with van der Waals surface area (Å²) in [6.07, 6.45) is 1.97. The Balaban J connectivity index is 1.84. The van der Waals surface area contributed by atoms with Crippen molar-refractivity contribution in [2.45, 2.75) is 25.3 Å². The third-order valence-electron chi connectivity index (χ3n) is 3.85. The molecule has 0 spiro atoms. The summed E-state index contributed by atoms with van der Waals surface area (Å²) in [4.78, 5) is 12.5. The van der Waals surface area contributed by atoms with Gasteiger partial charge in [0.25, 0.3) is 5.91 Å². The molecular weight excluding hydrogens is 256 g/mol. The fourth-order valence-electron chi connectivity index (χ4n) is 2.60. The molecule has 3 rings (SSSR count). The van der Waals surface area contributed by atoms with Gasteiger partial charge in [0.2, 0.25) is 0 Å². The summed E-state index contributed by atoms with van der Waals surface area (Å²) >= 11 is 1.63. The van der Waals surface area contributed by atoms with Gasteiger partial charge in [0.1, 0.15) is 0 Å². The number of hydrogen-bond donors (Lipinski definition) is 2. The first-order valence-corrected chi connectivity index (χ1v) is 7.55. The van der Waals surface area contributed by atoms with Crippen LogP contribution < -0.4 is 10.6 Å². The Morgan fingerprint density at radius 2 is 2.05 bits per heavy atom. The van der Waals surface area contributed by atoms with Crippen molar-refractivity contribution in [2.24, 2.45) is 0 Å². The second kappa shape index (κ2) is 4.94. The predicted molar refractivity (Wildman–Crippen MR) is 79.8 cm³/mol. The lowest BCUT2D eigenvalue weighted by Gasteiger charge is -2.34. The van der Waals surface area contributed by atoms with Crippen molar-refractivity contribution in [3.8, 4) is 0 Å². The number of thiophene rings is 1. The van der Waals surface area contributed by atoms with Gasteiger partial charge in [-0.2, -0.15) is 0 Å². The van der Waals surface area contributed by atoms with Gasteiger partial charge in [0.05, 0.1) is 5.56 Å². The van der Waals surface area contributed by atoms with E-state index in [-0.39, 0.29) is 11.4 Å². The molecule has 1 aromatic carbocycles. The maximum absolute atomic E-state index is 12.5. The zero-order chi connectivity index (χ0) is 13.3. The fraction of sp³-hybridized carbons (Fsp3) is 0.400. The largest absolute Gasteiger partial charge is 0.347 e. The van der Waals surface area contributed by atoms with Gasteiger partial charge < -0.3 is 10.6 Å². The molecule has 0 atom stereocenters. The zero-order valence-corrected chi connectivity index (χ0v) is 11.8. The van der Waals surface area contributed by atoms with Gasteiger partial charge in [0, 0.05) is 21.0 Å². The normalized spacial score (nSPS) is 18.4. The van der Waals surface area contributed by atoms with Gasteiger partial charge >= 0.3 is 0 Å². The second-order valence-corrected chi connectivity index (χ2v) is 6.32. The maximum atomic E-state index is 12.5. The average molecular weight is 274 g/mol. The van der Waals surface area contributed by atoms with Crippen molar-refractivity contribution in [3.05, 3.63) is 35.2 Å². The molecule has 1 aliphatic rings. The molecule has 2 aromatic rings. The number of nitrogens with one attached hydrogen (secondary N) is 2. The molecule has 100 valence electrons. The number of hydrogen-bond acceptors (Lipinski definition) is 3. The maximum Gasteiger partial charge on any atom is 0.253 e. The van der Waals surface area contributed by atoms with Crippen molar-refractivity contribution in [3.63, 3.8) is 0 Å². The van der Waals surface area contributed by atoms with Crippen LogP contribution >= 0.6 is 11.3 Å². The zero-order valence-electron chi connectivity index (χ0n) is 11.0. The molecule has 0 radical (unpaired) electrons. The van der Waals surface area contributed by atoms with Gasteiger partial charge in [-0.25, -0.2) is 0 Å². The van der Waals surface area contributed by atoms with E-state index in [0.717, 1.165) is 36.9 Å². The first-order chi connectivity index (χ1) is 9.18. The standard InChI is InChI=1S/C15H18N2OS/c1-15(6-8-16-9-7-15)17-14(18)12-10-19-13-5-3-2-4-11(12)13/h2-5,10,16H,6-9H2,1H3,(H,17,18). The summed E-state index contributed by atoms with van der Waals surface area (Å²) in [6.45, 7) is 4.09. The Morgan fingerprint density at radius 1 is 1.32 bits per heavy atom. The highest BCUT2D eigenvalue weighted by atomic mass is 32.1. The molecule has 1 fully saturated rings. The number of carbonyl (C=O) groups is 1. The lowest BCUT2D eigenvalue weighted by atomic mass is 9.90. The molecule has 2 N–H and O–H groups in total. The van der Waals surface area contributed by atoms with E-state index in [9.17, 15) is 4.79 Å². The number of amides is 1. The van der Waals surface area contributed by atoms with Gasteiger partial charge in [-0.05, 0) is 38.9 Å². The molecule has 0 aliphatic carbocycles. The first-order valence-electron chi connectivity index (χ1n) is 6.67. The van der Waals surface area contributed by atoms with Gasteiger partial charge in [-0.1, -0.05) is 18.2 Å². The highest BCUT2D eigenvalue weighted by Gasteiger charge is 2.29. The van der Waals surface area contributed by atoms with Crippen LogP contribution in [0.1, 0.15) is 30.1 Å². The summed E-state index contributed by atoms with van der Waals surface area (Å²) in [5.41, 5.74) is 0.728. The van der Waals surface area contributed by atoms with Crippen molar-refractivity contribution in [1.29, 1.82) is 0 Å². The van der Waals surface area contributed by atoms with E-state index in [2.05, 4.69) is 23.6 Å². The summed E-state index contributed by atoms with van der Waals surface area (Å²) in [6, 6.07) is 8.07. The Hall–Kier alpha value is -1.39. The van der Waals surface area contributed by atoms with E-state index in [1.165, 1.54) is 4.70 Å². The highest BCUT2D eigenvalue weighted by Crippen LogP contribution is 2.26. The molecule has 1 amide bonds. The number of carbonyl (C=O) groups excluding carboxylic acids is 1. The van der Waals surface area contributed by atoms with Crippen LogP contribution in [0.3, 0.4) is 0 Å². The Labute approximate surface area is 117 Å². The van der Waals surface area contributed by atoms with Crippen LogP contribution in [0, 0.1) is 0 Å². The minimum atomic E-state index is -0.0780. The van der Waals surface area contributed by atoms with E-state index in [4.69, 9.17) is 0 Å². The van der Waals surface area contributed by atoms with Crippen LogP contribution in [0.5, 0.6) is 0 Å². The third kappa shape index (κ3) is 2.51. The summed E-state index contributed by atoms with van der Waals surface area (Å²) in [5.74, 6) is 0.0573. The van der Waals surface area contributed by atoms with Crippen LogP contribution in [0.15, 0.2) is 29.6 Å². The van der Waals surface area contributed by atoms with Crippen LogP contribution in [-0.4, -0.2) is 24.5 Å². The van der Waals surface area contributed by atoms with E-state index in [1.54, 1.807) is 11.3 Å². The molecule has 1 aromatic heterocycles. The summed E-state index contributed by atoms with van der Waals surface area (Å²) < 4.78 is 1.17. The Bertz CT molecular complexity index is 599. The van der Waals surface area contributed by atoms with Gasteiger partial charge in [0.15, 0.2) is 0 Å². The van der Waals surface area contributed by atoms with E-state index in [0.29, 0.717) is 0 Å². The van der Waals surface area contributed by atoms with Crippen molar-refractivity contribution in [1.82, 2.24) is 10.6 Å². The predicted octanol–water partition coefficient (Wildman–Crippen LogP) is 2.77. The summed E-state index contributed by atoms with van der Waals surface area (Å²) in [5, 5.41) is 9.57. The molecule has 3 nitrogen and oxygen atoms in total. The number of rotatable bonds is 2. The quantitative estimate of drug-likeness (QED) is 0.884. The van der Waals surface area contributed by atoms with Gasteiger partial charge in [-0.3, -0.25) is 4.79 Å². The van der Waals surface area contributed by atoms with E-state index < -0.39 is 0 Å². The van der Waals surface area contributed by atoms with Gasteiger partial charge in [-0.15, -0.1) is 11.3 Å². The smallest absolute Gasteiger partial charge is 0.253 e. The molecule has 4 heteroatoms. The first kappa shape index (κ1) is 12.6. The molecular formula is C15H18N2OS.